The minimum atomic E-state index is -0.512. The molecule has 35 heavy (non-hydrogen) atoms. The summed E-state index contributed by atoms with van der Waals surface area (Å²) in [5.41, 5.74) is 1.42. The number of likely N-dealkylation sites (tertiary alicyclic amines) is 1. The van der Waals surface area contributed by atoms with Crippen molar-refractivity contribution in [2.45, 2.75) is 101 Å². The Labute approximate surface area is 210 Å². The SMILES string of the molecule is c1cc(C2CCC3(CC2)OOC2(O3)C3CC4CC(C3)CC2C4)ccc1OCCN1CCCCCC1. The fourth-order valence-corrected chi connectivity index (χ4v) is 8.67. The van der Waals surface area contributed by atoms with Crippen molar-refractivity contribution in [3.05, 3.63) is 29.8 Å². The third-order valence-electron chi connectivity index (χ3n) is 10.4. The fraction of sp³-hybridized carbons (Fsp3) is 0.800. The Kier molecular flexibility index (Phi) is 6.12. The van der Waals surface area contributed by atoms with Crippen LogP contribution >= 0.6 is 0 Å². The molecule has 7 aliphatic rings. The van der Waals surface area contributed by atoms with Crippen molar-refractivity contribution in [2.24, 2.45) is 23.7 Å². The Balaban J connectivity index is 0.917. The highest BCUT2D eigenvalue weighted by Crippen LogP contribution is 2.64. The zero-order valence-corrected chi connectivity index (χ0v) is 21.3. The van der Waals surface area contributed by atoms with Gasteiger partial charge in [0.1, 0.15) is 12.4 Å². The molecule has 5 heteroatoms. The molecule has 2 aliphatic heterocycles. The highest BCUT2D eigenvalue weighted by atomic mass is 17.3. The first kappa shape index (κ1) is 23.0. The van der Waals surface area contributed by atoms with Gasteiger partial charge >= 0.3 is 0 Å². The topological polar surface area (TPSA) is 40.2 Å². The molecule has 2 spiro atoms. The molecule has 1 aromatic rings. The van der Waals surface area contributed by atoms with Crippen LogP contribution in [0.15, 0.2) is 24.3 Å². The van der Waals surface area contributed by atoms with Gasteiger partial charge in [0, 0.05) is 31.2 Å². The van der Waals surface area contributed by atoms with Crippen LogP contribution in [-0.2, 0) is 14.5 Å². The molecule has 0 radical (unpaired) electrons. The number of hydrogen-bond acceptors (Lipinski definition) is 5. The number of benzene rings is 1. The lowest BCUT2D eigenvalue weighted by Gasteiger charge is -2.57. The van der Waals surface area contributed by atoms with E-state index in [-0.39, 0.29) is 0 Å². The minimum absolute atomic E-state index is 0.438. The molecule has 1 aromatic carbocycles. The van der Waals surface area contributed by atoms with Crippen molar-refractivity contribution in [2.75, 3.05) is 26.2 Å². The summed E-state index contributed by atoms with van der Waals surface area (Å²) in [7, 11) is 0. The van der Waals surface area contributed by atoms with E-state index in [1.165, 1.54) is 76.4 Å². The van der Waals surface area contributed by atoms with E-state index in [2.05, 4.69) is 29.2 Å². The van der Waals surface area contributed by atoms with Gasteiger partial charge in [0.25, 0.3) is 0 Å². The first-order valence-electron chi connectivity index (χ1n) is 14.7. The number of rotatable bonds is 5. The normalized spacial score (nSPS) is 43.1. The van der Waals surface area contributed by atoms with Crippen molar-refractivity contribution < 1.29 is 19.2 Å². The van der Waals surface area contributed by atoms with E-state index in [9.17, 15) is 0 Å². The maximum Gasteiger partial charge on any atom is 0.210 e. The van der Waals surface area contributed by atoms with E-state index >= 15 is 0 Å². The fourth-order valence-electron chi connectivity index (χ4n) is 8.67. The summed E-state index contributed by atoms with van der Waals surface area (Å²) in [5.74, 6) is 3.51. The molecule has 0 aromatic heterocycles. The minimum Gasteiger partial charge on any atom is -0.492 e. The van der Waals surface area contributed by atoms with Gasteiger partial charge in [0.15, 0.2) is 0 Å². The molecule has 4 bridgehead atoms. The van der Waals surface area contributed by atoms with Crippen molar-refractivity contribution in [1.82, 2.24) is 4.90 Å². The maximum atomic E-state index is 6.89. The zero-order valence-electron chi connectivity index (χ0n) is 21.3. The van der Waals surface area contributed by atoms with E-state index in [0.29, 0.717) is 17.8 Å². The average Bonchev–Trinajstić information content (AvgIpc) is 3.04. The highest BCUT2D eigenvalue weighted by Gasteiger charge is 2.66. The summed E-state index contributed by atoms with van der Waals surface area (Å²) in [4.78, 5) is 14.9. The lowest BCUT2D eigenvalue weighted by atomic mass is 9.53. The van der Waals surface area contributed by atoms with E-state index in [1.54, 1.807) is 0 Å². The third-order valence-corrected chi connectivity index (χ3v) is 10.4. The summed E-state index contributed by atoms with van der Waals surface area (Å²) in [6.07, 6.45) is 16.0. The number of ether oxygens (including phenoxy) is 2. The summed E-state index contributed by atoms with van der Waals surface area (Å²) >= 11 is 0. The van der Waals surface area contributed by atoms with Gasteiger partial charge in [-0.1, -0.05) is 25.0 Å². The van der Waals surface area contributed by atoms with Crippen LogP contribution < -0.4 is 4.74 Å². The van der Waals surface area contributed by atoms with Gasteiger partial charge in [-0.25, -0.2) is 0 Å². The van der Waals surface area contributed by atoms with Crippen molar-refractivity contribution in [3.63, 3.8) is 0 Å². The maximum absolute atomic E-state index is 6.89. The molecule has 7 fully saturated rings. The second kappa shape index (κ2) is 9.31. The van der Waals surface area contributed by atoms with Gasteiger partial charge in [-0.2, -0.15) is 9.78 Å². The van der Waals surface area contributed by atoms with Gasteiger partial charge in [-0.15, -0.1) is 0 Å². The van der Waals surface area contributed by atoms with E-state index in [0.717, 1.165) is 56.4 Å². The number of nitrogens with zero attached hydrogens (tertiary/aromatic N) is 1. The molecule has 8 rings (SSSR count). The number of hydrogen-bond donors (Lipinski definition) is 0. The Morgan fingerprint density at radius 2 is 1.46 bits per heavy atom. The van der Waals surface area contributed by atoms with Crippen LogP contribution in [-0.4, -0.2) is 42.7 Å². The van der Waals surface area contributed by atoms with Crippen molar-refractivity contribution >= 4 is 0 Å². The quantitative estimate of drug-likeness (QED) is 0.454. The van der Waals surface area contributed by atoms with Gasteiger partial charge in [0.05, 0.1) is 0 Å². The van der Waals surface area contributed by atoms with E-state index < -0.39 is 11.6 Å². The summed E-state index contributed by atoms with van der Waals surface area (Å²) in [5, 5.41) is 0. The smallest absolute Gasteiger partial charge is 0.210 e. The molecule has 0 N–H and O–H groups in total. The van der Waals surface area contributed by atoms with Crippen LogP contribution in [0.5, 0.6) is 5.75 Å². The molecule has 0 amide bonds. The van der Waals surface area contributed by atoms with Crippen molar-refractivity contribution in [1.29, 1.82) is 0 Å². The standard InChI is InChI=1S/C30H43NO4/c1-2-4-14-31(13-3-1)15-16-32-28-7-5-24(6-8-28)25-9-11-29(12-10-25)33-30(35-34-29)26-18-22-17-23(20-26)21-27(30)19-22/h5-8,22-23,25-27H,1-4,9-21H2. The lowest BCUT2D eigenvalue weighted by molar-refractivity contribution is -0.390. The molecule has 5 nitrogen and oxygen atoms in total. The first-order chi connectivity index (χ1) is 17.2. The van der Waals surface area contributed by atoms with Crippen LogP contribution in [0.4, 0.5) is 0 Å². The van der Waals surface area contributed by atoms with Crippen LogP contribution in [0, 0.1) is 23.7 Å². The van der Waals surface area contributed by atoms with Crippen molar-refractivity contribution in [3.8, 4) is 5.75 Å². The second-order valence-corrected chi connectivity index (χ2v) is 12.7. The molecule has 0 atom stereocenters. The molecular formula is C30H43NO4. The Bertz CT molecular complexity index is 841. The van der Waals surface area contributed by atoms with Crippen LogP contribution in [0.2, 0.25) is 0 Å². The summed E-state index contributed by atoms with van der Waals surface area (Å²) in [6.45, 7) is 4.28. The molecule has 2 heterocycles. The lowest BCUT2D eigenvalue weighted by Crippen LogP contribution is -2.59. The Hall–Kier alpha value is -1.14. The average molecular weight is 482 g/mol. The van der Waals surface area contributed by atoms with Crippen LogP contribution in [0.1, 0.15) is 95.0 Å². The van der Waals surface area contributed by atoms with E-state index in [4.69, 9.17) is 19.2 Å². The van der Waals surface area contributed by atoms with Gasteiger partial charge in [-0.05, 0) is 106 Å². The molecule has 5 aliphatic carbocycles. The second-order valence-electron chi connectivity index (χ2n) is 12.7. The Morgan fingerprint density at radius 1 is 0.800 bits per heavy atom. The summed E-state index contributed by atoms with van der Waals surface area (Å²) < 4.78 is 13.0. The molecule has 5 saturated carbocycles. The molecular weight excluding hydrogens is 438 g/mol. The molecule has 192 valence electrons. The van der Waals surface area contributed by atoms with Gasteiger partial charge in [-0.3, -0.25) is 4.90 Å². The van der Waals surface area contributed by atoms with Crippen LogP contribution in [0.25, 0.3) is 0 Å². The zero-order chi connectivity index (χ0) is 23.3. The predicted molar refractivity (Wildman–Crippen MR) is 134 cm³/mol. The largest absolute Gasteiger partial charge is 0.492 e. The Morgan fingerprint density at radius 3 is 2.11 bits per heavy atom. The van der Waals surface area contributed by atoms with Crippen LogP contribution in [0.3, 0.4) is 0 Å². The third kappa shape index (κ3) is 4.35. The van der Waals surface area contributed by atoms with Gasteiger partial charge < -0.3 is 9.47 Å². The van der Waals surface area contributed by atoms with Gasteiger partial charge in [0.2, 0.25) is 11.6 Å². The summed E-state index contributed by atoms with van der Waals surface area (Å²) in [6, 6.07) is 8.88. The molecule has 2 saturated heterocycles. The highest BCUT2D eigenvalue weighted by molar-refractivity contribution is 5.30. The monoisotopic (exact) mass is 481 g/mol. The first-order valence-corrected chi connectivity index (χ1v) is 14.7. The van der Waals surface area contributed by atoms with E-state index in [1.807, 2.05) is 0 Å². The predicted octanol–water partition coefficient (Wildman–Crippen LogP) is 6.43. The molecule has 0 unspecified atom stereocenters.